The van der Waals surface area contributed by atoms with E-state index < -0.39 is 11.7 Å². The molecule has 182 valence electrons. The van der Waals surface area contributed by atoms with Crippen LogP contribution in [0.5, 0.6) is 0 Å². The number of piperazine rings is 1. The lowest BCUT2D eigenvalue weighted by Crippen LogP contribution is -2.59. The highest BCUT2D eigenvalue weighted by Crippen LogP contribution is 2.30. The molecule has 2 saturated heterocycles. The van der Waals surface area contributed by atoms with Gasteiger partial charge in [-0.05, 0) is 38.6 Å². The molecule has 0 spiro atoms. The number of halogens is 4. The summed E-state index contributed by atoms with van der Waals surface area (Å²) in [6, 6.07) is 5.62. The van der Waals surface area contributed by atoms with Crippen molar-refractivity contribution in [2.45, 2.75) is 31.1 Å². The molecule has 6 nitrogen and oxygen atoms in total. The molecule has 1 N–H and O–H groups in total. The maximum Gasteiger partial charge on any atom is 0.416 e. The van der Waals surface area contributed by atoms with Crippen molar-refractivity contribution < 1.29 is 17.9 Å². The van der Waals surface area contributed by atoms with Gasteiger partial charge in [0.15, 0.2) is 5.96 Å². The van der Waals surface area contributed by atoms with E-state index in [4.69, 9.17) is 4.74 Å². The van der Waals surface area contributed by atoms with E-state index in [0.717, 1.165) is 70.8 Å². The zero-order valence-corrected chi connectivity index (χ0v) is 21.5. The summed E-state index contributed by atoms with van der Waals surface area (Å²) >= 11 is 0. The summed E-state index contributed by atoms with van der Waals surface area (Å²) < 4.78 is 44.4. The summed E-state index contributed by atoms with van der Waals surface area (Å²) in [6.07, 6.45) is -2.34. The summed E-state index contributed by atoms with van der Waals surface area (Å²) in [4.78, 5) is 11.2. The molecule has 2 fully saturated rings. The summed E-state index contributed by atoms with van der Waals surface area (Å²) in [5.74, 6) is 0.881. The second kappa shape index (κ2) is 11.8. The van der Waals surface area contributed by atoms with Crippen LogP contribution < -0.4 is 5.32 Å². The van der Waals surface area contributed by atoms with Crippen LogP contribution in [0.15, 0.2) is 29.3 Å². The molecule has 10 heteroatoms. The van der Waals surface area contributed by atoms with Gasteiger partial charge in [0.05, 0.1) is 5.56 Å². The maximum absolute atomic E-state index is 13.0. The van der Waals surface area contributed by atoms with Crippen molar-refractivity contribution in [2.24, 2.45) is 4.99 Å². The Balaban J connectivity index is 0.00000363. The van der Waals surface area contributed by atoms with Crippen LogP contribution in [0.1, 0.15) is 24.0 Å². The molecule has 0 aromatic heterocycles. The Morgan fingerprint density at radius 1 is 1.16 bits per heavy atom. The monoisotopic (exact) mass is 569 g/mol. The van der Waals surface area contributed by atoms with Crippen LogP contribution in [0.4, 0.5) is 13.2 Å². The average molecular weight is 569 g/mol. The minimum absolute atomic E-state index is 0. The van der Waals surface area contributed by atoms with E-state index in [1.165, 1.54) is 12.1 Å². The Labute approximate surface area is 206 Å². The highest BCUT2D eigenvalue weighted by Gasteiger charge is 2.35. The Kier molecular flexibility index (Phi) is 10.0. The van der Waals surface area contributed by atoms with Gasteiger partial charge in [-0.2, -0.15) is 13.2 Å². The molecular weight excluding hydrogens is 534 g/mol. The molecule has 1 aromatic rings. The Morgan fingerprint density at radius 3 is 2.38 bits per heavy atom. The van der Waals surface area contributed by atoms with E-state index in [9.17, 15) is 13.2 Å². The lowest BCUT2D eigenvalue weighted by molar-refractivity contribution is -0.137. The smallest absolute Gasteiger partial charge is 0.381 e. The third-order valence-corrected chi connectivity index (χ3v) is 6.49. The van der Waals surface area contributed by atoms with Gasteiger partial charge in [0.25, 0.3) is 0 Å². The fraction of sp³-hybridized carbons (Fsp3) is 0.682. The number of aliphatic imine (C=N–C) groups is 1. The van der Waals surface area contributed by atoms with Crippen molar-refractivity contribution in [1.82, 2.24) is 20.0 Å². The van der Waals surface area contributed by atoms with Crippen molar-refractivity contribution in [3.8, 4) is 0 Å². The van der Waals surface area contributed by atoms with Crippen LogP contribution in [-0.2, 0) is 17.5 Å². The Hall–Kier alpha value is -1.11. The van der Waals surface area contributed by atoms with Gasteiger partial charge in [0.1, 0.15) is 0 Å². The van der Waals surface area contributed by atoms with Gasteiger partial charge in [-0.15, -0.1) is 24.0 Å². The van der Waals surface area contributed by atoms with Gasteiger partial charge in [-0.25, -0.2) is 0 Å². The minimum Gasteiger partial charge on any atom is -0.381 e. The van der Waals surface area contributed by atoms with Gasteiger partial charge in [0.2, 0.25) is 0 Å². The van der Waals surface area contributed by atoms with Crippen LogP contribution in [0.2, 0.25) is 0 Å². The third-order valence-electron chi connectivity index (χ3n) is 6.49. The molecule has 0 unspecified atom stereocenters. The molecule has 0 bridgehead atoms. The van der Waals surface area contributed by atoms with Gasteiger partial charge in [-0.3, -0.25) is 9.89 Å². The second-order valence-corrected chi connectivity index (χ2v) is 8.59. The van der Waals surface area contributed by atoms with Crippen LogP contribution in [0.3, 0.4) is 0 Å². The number of hydrogen-bond acceptors (Lipinski definition) is 4. The van der Waals surface area contributed by atoms with Crippen LogP contribution >= 0.6 is 24.0 Å². The molecule has 0 saturated carbocycles. The van der Waals surface area contributed by atoms with Crippen molar-refractivity contribution in [3.05, 3.63) is 35.4 Å². The quantitative estimate of drug-likeness (QED) is 0.336. The lowest BCUT2D eigenvalue weighted by atomic mass is 9.88. The minimum atomic E-state index is -4.30. The number of likely N-dealkylation sites (N-methyl/N-ethyl adjacent to an activating group) is 1. The van der Waals surface area contributed by atoms with E-state index in [-0.39, 0.29) is 29.5 Å². The Morgan fingerprint density at radius 2 is 1.81 bits per heavy atom. The fourth-order valence-corrected chi connectivity index (χ4v) is 4.33. The molecule has 0 amide bonds. The number of alkyl halides is 3. The topological polar surface area (TPSA) is 43.3 Å². The molecule has 1 aromatic carbocycles. The first kappa shape index (κ1) is 27.1. The first-order valence-corrected chi connectivity index (χ1v) is 10.8. The molecule has 2 heterocycles. The number of rotatable bonds is 5. The lowest BCUT2D eigenvalue weighted by Gasteiger charge is -2.44. The fourth-order valence-electron chi connectivity index (χ4n) is 4.33. The SMILES string of the molecule is CN=C(NCC1(N(C)C)CCOCC1)N1CCN(Cc2cccc(C(F)(F)F)c2)CC1.I. The second-order valence-electron chi connectivity index (χ2n) is 8.59. The van der Waals surface area contributed by atoms with Crippen molar-refractivity contribution in [3.63, 3.8) is 0 Å². The molecule has 0 radical (unpaired) electrons. The van der Waals surface area contributed by atoms with Crippen LogP contribution in [0.25, 0.3) is 0 Å². The first-order valence-electron chi connectivity index (χ1n) is 10.8. The predicted molar refractivity (Wildman–Crippen MR) is 132 cm³/mol. The number of hydrogen-bond donors (Lipinski definition) is 1. The van der Waals surface area contributed by atoms with E-state index in [1.54, 1.807) is 13.1 Å². The summed E-state index contributed by atoms with van der Waals surface area (Å²) in [6.45, 7) is 6.01. The van der Waals surface area contributed by atoms with Crippen molar-refractivity contribution in [2.75, 3.05) is 67.1 Å². The van der Waals surface area contributed by atoms with Crippen LogP contribution in [0, 0.1) is 0 Å². The molecule has 2 aliphatic rings. The zero-order chi connectivity index (χ0) is 22.5. The van der Waals surface area contributed by atoms with E-state index >= 15 is 0 Å². The van der Waals surface area contributed by atoms with Crippen molar-refractivity contribution >= 4 is 29.9 Å². The number of nitrogens with one attached hydrogen (secondary N) is 1. The molecule has 0 atom stereocenters. The van der Waals surface area contributed by atoms with Crippen molar-refractivity contribution in [1.29, 1.82) is 0 Å². The number of guanidine groups is 1. The average Bonchev–Trinajstić information content (AvgIpc) is 2.75. The number of ether oxygens (including phenoxy) is 1. The van der Waals surface area contributed by atoms with Gasteiger partial charge < -0.3 is 19.9 Å². The van der Waals surface area contributed by atoms with Crippen LogP contribution in [-0.4, -0.2) is 93.3 Å². The third kappa shape index (κ3) is 6.94. The normalized spacial score (nSPS) is 20.2. The Bertz CT molecular complexity index is 745. The largest absolute Gasteiger partial charge is 0.416 e. The van der Waals surface area contributed by atoms with Gasteiger partial charge >= 0.3 is 6.18 Å². The molecular formula is C22H35F3IN5O. The molecule has 32 heavy (non-hydrogen) atoms. The van der Waals surface area contributed by atoms with E-state index in [0.29, 0.717) is 12.1 Å². The number of nitrogens with zero attached hydrogens (tertiary/aromatic N) is 4. The first-order chi connectivity index (χ1) is 14.7. The molecule has 3 rings (SSSR count). The predicted octanol–water partition coefficient (Wildman–Crippen LogP) is 3.13. The maximum atomic E-state index is 13.0. The zero-order valence-electron chi connectivity index (χ0n) is 19.1. The highest BCUT2D eigenvalue weighted by atomic mass is 127. The summed E-state index contributed by atoms with van der Waals surface area (Å²) in [5, 5.41) is 3.55. The number of benzene rings is 1. The van der Waals surface area contributed by atoms with E-state index in [2.05, 4.69) is 39.1 Å². The summed E-state index contributed by atoms with van der Waals surface area (Å²) in [7, 11) is 6.02. The van der Waals surface area contributed by atoms with E-state index in [1.807, 2.05) is 0 Å². The van der Waals surface area contributed by atoms with Gasteiger partial charge in [0, 0.05) is 65.1 Å². The van der Waals surface area contributed by atoms with Gasteiger partial charge in [-0.1, -0.05) is 18.2 Å². The molecule has 0 aliphatic carbocycles. The summed E-state index contributed by atoms with van der Waals surface area (Å²) in [5.41, 5.74) is 0.161. The molecule has 2 aliphatic heterocycles. The standard InChI is InChI=1S/C22H34F3N5O.HI/c1-26-20(27-17-21(28(2)3)7-13-31-14-8-21)30-11-9-29(10-12-30)16-18-5-4-6-19(15-18)22(23,24)25;/h4-6,15H,7-14,16-17H2,1-3H3,(H,26,27);1H. The highest BCUT2D eigenvalue weighted by molar-refractivity contribution is 14.0.